The molecule has 1 aliphatic heterocycles. The van der Waals surface area contributed by atoms with Gasteiger partial charge in [0.05, 0.1) is 19.8 Å². The number of hydrogen-bond donors (Lipinski definition) is 1. The van der Waals surface area contributed by atoms with Gasteiger partial charge in [-0.1, -0.05) is 53.7 Å². The minimum atomic E-state index is -0.203. The first kappa shape index (κ1) is 24.2. The summed E-state index contributed by atoms with van der Waals surface area (Å²) in [5.41, 5.74) is 2.42. The molecule has 2 amide bonds. The molecule has 1 saturated heterocycles. The number of ether oxygens (including phenoxy) is 1. The van der Waals surface area contributed by atoms with E-state index in [1.54, 1.807) is 11.9 Å². The average Bonchev–Trinajstić information content (AvgIpc) is 2.65. The summed E-state index contributed by atoms with van der Waals surface area (Å²) in [5.74, 6) is 0.251. The van der Waals surface area contributed by atoms with E-state index in [2.05, 4.69) is 41.5 Å². The summed E-state index contributed by atoms with van der Waals surface area (Å²) < 4.78 is 5.27. The first-order valence-corrected chi connectivity index (χ1v) is 10.8. The molecule has 0 radical (unpaired) electrons. The van der Waals surface area contributed by atoms with Crippen LogP contribution in [-0.2, 0) is 31.6 Å². The lowest BCUT2D eigenvalue weighted by Crippen LogP contribution is -2.46. The van der Waals surface area contributed by atoms with Gasteiger partial charge in [0.25, 0.3) is 0 Å². The van der Waals surface area contributed by atoms with Crippen LogP contribution in [0.5, 0.6) is 5.75 Å². The van der Waals surface area contributed by atoms with E-state index in [-0.39, 0.29) is 29.2 Å². The van der Waals surface area contributed by atoms with E-state index in [4.69, 9.17) is 4.74 Å². The molecule has 1 heterocycles. The third-order valence-corrected chi connectivity index (χ3v) is 5.58. The molecule has 0 unspecified atom stereocenters. The lowest BCUT2D eigenvalue weighted by Gasteiger charge is -2.29. The second kappa shape index (κ2) is 9.38. The van der Waals surface area contributed by atoms with E-state index in [0.29, 0.717) is 44.9 Å². The normalized spacial score (nSPS) is 15.2. The Morgan fingerprint density at radius 2 is 1.53 bits per heavy atom. The molecule has 0 saturated carbocycles. The van der Waals surface area contributed by atoms with Gasteiger partial charge >= 0.3 is 0 Å². The van der Waals surface area contributed by atoms with E-state index in [9.17, 15) is 14.7 Å². The maximum absolute atomic E-state index is 12.6. The Balaban J connectivity index is 2.08. The maximum atomic E-state index is 12.6. The molecule has 0 spiro atoms. The van der Waals surface area contributed by atoms with Crippen LogP contribution in [0.1, 0.15) is 64.7 Å². The molecule has 0 aromatic heterocycles. The number of benzene rings is 1. The number of aryl methyl sites for hydroxylation is 1. The first-order chi connectivity index (χ1) is 13.8. The van der Waals surface area contributed by atoms with Gasteiger partial charge in [-0.05, 0) is 33.9 Å². The molecule has 1 fully saturated rings. The first-order valence-electron chi connectivity index (χ1n) is 10.8. The van der Waals surface area contributed by atoms with Crippen LogP contribution in [0.25, 0.3) is 0 Å². The molecule has 30 heavy (non-hydrogen) atoms. The van der Waals surface area contributed by atoms with E-state index < -0.39 is 0 Å². The molecule has 0 aliphatic carbocycles. The van der Waals surface area contributed by atoms with Crippen molar-refractivity contribution in [2.24, 2.45) is 0 Å². The van der Waals surface area contributed by atoms with Crippen LogP contribution >= 0.6 is 0 Å². The summed E-state index contributed by atoms with van der Waals surface area (Å²) in [7, 11) is 1.68. The Labute approximate surface area is 181 Å². The van der Waals surface area contributed by atoms with Crippen LogP contribution in [0.2, 0.25) is 0 Å². The highest BCUT2D eigenvalue weighted by atomic mass is 16.5. The molecule has 0 atom stereocenters. The zero-order chi connectivity index (χ0) is 22.7. The number of amides is 2. The van der Waals surface area contributed by atoms with Crippen molar-refractivity contribution < 1.29 is 19.4 Å². The van der Waals surface area contributed by atoms with Gasteiger partial charge in [-0.25, -0.2) is 0 Å². The number of rotatable bonds is 5. The van der Waals surface area contributed by atoms with Gasteiger partial charge in [-0.15, -0.1) is 0 Å². The lowest BCUT2D eigenvalue weighted by molar-refractivity contribution is -0.141. The number of hydrogen-bond acceptors (Lipinski definition) is 4. The number of nitrogens with zero attached hydrogens (tertiary/aromatic N) is 2. The Kier molecular flexibility index (Phi) is 7.56. The summed E-state index contributed by atoms with van der Waals surface area (Å²) in [6, 6.07) is 4.02. The lowest BCUT2D eigenvalue weighted by atomic mass is 9.78. The van der Waals surface area contributed by atoms with E-state index in [1.165, 1.54) is 4.90 Å². The largest absolute Gasteiger partial charge is 0.507 e. The molecule has 1 aromatic carbocycles. The fraction of sp³-hybridized carbons (Fsp3) is 0.667. The number of aromatic hydroxyl groups is 1. The molecular weight excluding hydrogens is 380 g/mol. The van der Waals surface area contributed by atoms with E-state index in [1.807, 2.05) is 12.1 Å². The highest BCUT2D eigenvalue weighted by Crippen LogP contribution is 2.40. The highest BCUT2D eigenvalue weighted by molar-refractivity contribution is 5.84. The van der Waals surface area contributed by atoms with Gasteiger partial charge in [0.15, 0.2) is 0 Å². The number of carbonyl (C=O) groups is 2. The van der Waals surface area contributed by atoms with Crippen molar-refractivity contribution in [3.63, 3.8) is 0 Å². The van der Waals surface area contributed by atoms with Gasteiger partial charge in [-0.2, -0.15) is 0 Å². The molecule has 2 rings (SSSR count). The smallest absolute Gasteiger partial charge is 0.242 e. The predicted octanol–water partition coefficient (Wildman–Crippen LogP) is 3.24. The maximum Gasteiger partial charge on any atom is 0.242 e. The number of morpholine rings is 1. The third-order valence-electron chi connectivity index (χ3n) is 5.58. The SMILES string of the molecule is CN(CC(=O)N1CCOCC1)C(=O)CCc1cc(C(C)(C)C)c(O)c(C(C)(C)C)c1. The van der Waals surface area contributed by atoms with Crippen molar-refractivity contribution >= 4 is 11.8 Å². The monoisotopic (exact) mass is 418 g/mol. The van der Waals surface area contributed by atoms with E-state index >= 15 is 0 Å². The van der Waals surface area contributed by atoms with Crippen molar-refractivity contribution in [2.45, 2.75) is 65.2 Å². The van der Waals surface area contributed by atoms with Crippen LogP contribution in [0.3, 0.4) is 0 Å². The van der Waals surface area contributed by atoms with Crippen LogP contribution in [0.4, 0.5) is 0 Å². The molecule has 1 aromatic rings. The number of phenols is 1. The van der Waals surface area contributed by atoms with Gasteiger partial charge < -0.3 is 19.6 Å². The summed E-state index contributed by atoms with van der Waals surface area (Å²) >= 11 is 0. The van der Waals surface area contributed by atoms with Crippen LogP contribution < -0.4 is 0 Å². The fourth-order valence-corrected chi connectivity index (χ4v) is 3.63. The Morgan fingerprint density at radius 3 is 2.00 bits per heavy atom. The zero-order valence-corrected chi connectivity index (χ0v) is 19.7. The van der Waals surface area contributed by atoms with Crippen molar-refractivity contribution in [1.29, 1.82) is 0 Å². The van der Waals surface area contributed by atoms with E-state index in [0.717, 1.165) is 16.7 Å². The minimum Gasteiger partial charge on any atom is -0.507 e. The van der Waals surface area contributed by atoms with Crippen molar-refractivity contribution in [1.82, 2.24) is 9.80 Å². The quantitative estimate of drug-likeness (QED) is 0.797. The Hall–Kier alpha value is -2.08. The van der Waals surface area contributed by atoms with Gasteiger partial charge in [0.1, 0.15) is 5.75 Å². The van der Waals surface area contributed by atoms with Gasteiger partial charge in [0, 0.05) is 26.6 Å². The molecule has 1 aliphatic rings. The van der Waals surface area contributed by atoms with Crippen molar-refractivity contribution in [2.75, 3.05) is 39.9 Å². The molecule has 168 valence electrons. The van der Waals surface area contributed by atoms with Crippen molar-refractivity contribution in [3.05, 3.63) is 28.8 Å². The van der Waals surface area contributed by atoms with Gasteiger partial charge in [0.2, 0.25) is 11.8 Å². The summed E-state index contributed by atoms with van der Waals surface area (Å²) in [6.07, 6.45) is 0.895. The zero-order valence-electron chi connectivity index (χ0n) is 19.7. The molecular formula is C24H38N2O4. The van der Waals surface area contributed by atoms with Crippen molar-refractivity contribution in [3.8, 4) is 5.75 Å². The average molecular weight is 419 g/mol. The summed E-state index contributed by atoms with van der Waals surface area (Å²) in [6.45, 7) is 14.8. The molecule has 6 nitrogen and oxygen atoms in total. The topological polar surface area (TPSA) is 70.1 Å². The third kappa shape index (κ3) is 6.21. The minimum absolute atomic E-state index is 0.0381. The highest BCUT2D eigenvalue weighted by Gasteiger charge is 2.27. The molecule has 6 heteroatoms. The van der Waals surface area contributed by atoms with Crippen LogP contribution in [0, 0.1) is 0 Å². The second-order valence-electron chi connectivity index (χ2n) is 10.3. The summed E-state index contributed by atoms with van der Waals surface area (Å²) in [4.78, 5) is 28.3. The Bertz CT molecular complexity index is 733. The summed E-state index contributed by atoms with van der Waals surface area (Å²) in [5, 5.41) is 10.8. The molecule has 1 N–H and O–H groups in total. The standard InChI is InChI=1S/C24H38N2O4/c1-23(2,3)18-14-17(15-19(22(18)29)24(4,5)6)8-9-20(27)25(7)16-21(28)26-10-12-30-13-11-26/h14-15,29H,8-13,16H2,1-7H3. The fourth-order valence-electron chi connectivity index (χ4n) is 3.63. The molecule has 0 bridgehead atoms. The number of carbonyl (C=O) groups excluding carboxylic acids is 2. The number of likely N-dealkylation sites (N-methyl/N-ethyl adjacent to an activating group) is 1. The Morgan fingerprint density at radius 1 is 1.03 bits per heavy atom. The second-order valence-corrected chi connectivity index (χ2v) is 10.3. The van der Waals surface area contributed by atoms with Gasteiger partial charge in [-0.3, -0.25) is 9.59 Å². The van der Waals surface area contributed by atoms with Crippen LogP contribution in [-0.4, -0.2) is 66.6 Å². The number of phenolic OH excluding ortho intramolecular Hbond substituents is 1. The predicted molar refractivity (Wildman–Crippen MR) is 119 cm³/mol. The van der Waals surface area contributed by atoms with Crippen LogP contribution in [0.15, 0.2) is 12.1 Å².